The first-order valence-electron chi connectivity index (χ1n) is 15.1. The second-order valence-electron chi connectivity index (χ2n) is 11.8. The number of carbonyl (C=O) groups is 4. The zero-order valence-electron chi connectivity index (χ0n) is 26.6. The smallest absolute Gasteiger partial charge is 0.255 e. The van der Waals surface area contributed by atoms with Crippen LogP contribution >= 0.6 is 0 Å². The molecule has 0 aromatic heterocycles. The van der Waals surface area contributed by atoms with Gasteiger partial charge >= 0.3 is 0 Å². The van der Waals surface area contributed by atoms with E-state index >= 15 is 0 Å². The number of carbonyl (C=O) groups excluding carboxylic acids is 4. The number of ether oxygens (including phenoxy) is 3. The first-order valence-corrected chi connectivity index (χ1v) is 15.1. The fourth-order valence-electron chi connectivity index (χ4n) is 5.01. The van der Waals surface area contributed by atoms with Gasteiger partial charge in [-0.05, 0) is 48.9 Å². The first kappa shape index (κ1) is 34.2. The summed E-state index contributed by atoms with van der Waals surface area (Å²) in [6.07, 6.45) is 0.721. The lowest BCUT2D eigenvalue weighted by atomic mass is 9.99. The lowest BCUT2D eigenvalue weighted by molar-refractivity contribution is -0.138. The van der Waals surface area contributed by atoms with E-state index in [-0.39, 0.29) is 55.5 Å². The van der Waals surface area contributed by atoms with E-state index in [1.807, 2.05) is 13.8 Å². The third kappa shape index (κ3) is 10.2. The minimum atomic E-state index is -1.21. The Bertz CT molecular complexity index is 1280. The summed E-state index contributed by atoms with van der Waals surface area (Å²) in [4.78, 5) is 55.4. The number of rotatable bonds is 10. The summed E-state index contributed by atoms with van der Waals surface area (Å²) >= 11 is 0. The molecule has 0 spiro atoms. The van der Waals surface area contributed by atoms with E-state index in [1.54, 1.807) is 67.6 Å². The molecule has 44 heavy (non-hydrogen) atoms. The summed E-state index contributed by atoms with van der Waals surface area (Å²) in [5.41, 5.74) is 0.221. The molecule has 240 valence electrons. The molecule has 1 aliphatic rings. The molecule has 0 fully saturated rings. The van der Waals surface area contributed by atoms with E-state index < -0.39 is 29.8 Å². The van der Waals surface area contributed by atoms with Gasteiger partial charge < -0.3 is 35.1 Å². The Balaban J connectivity index is 1.83. The largest absolute Gasteiger partial charge is 0.497 e. The van der Waals surface area contributed by atoms with Crippen LogP contribution in [0, 0.1) is 11.8 Å². The van der Waals surface area contributed by atoms with Crippen LogP contribution in [-0.4, -0.2) is 80.6 Å². The highest BCUT2D eigenvalue weighted by Gasteiger charge is 2.32. The maximum absolute atomic E-state index is 13.7. The Morgan fingerprint density at radius 2 is 1.70 bits per heavy atom. The van der Waals surface area contributed by atoms with Gasteiger partial charge in [-0.1, -0.05) is 45.9 Å². The van der Waals surface area contributed by atoms with Crippen molar-refractivity contribution in [1.29, 1.82) is 0 Å². The Morgan fingerprint density at radius 1 is 1.00 bits per heavy atom. The first-order chi connectivity index (χ1) is 21.0. The maximum Gasteiger partial charge on any atom is 0.255 e. The molecule has 11 nitrogen and oxygen atoms in total. The van der Waals surface area contributed by atoms with Gasteiger partial charge in [-0.15, -0.1) is 0 Å². The molecule has 4 amide bonds. The predicted octanol–water partition coefficient (Wildman–Crippen LogP) is 3.18. The SMILES string of the molecule is COc1cccc(OCCNC(=O)[C@@H]2CC(=O)N[C@H](CC(C)C)C(=O)N(C)[C@H](CC(C)C)COc3ccccc3C(=O)N2)c1. The van der Waals surface area contributed by atoms with Crippen LogP contribution in [0.4, 0.5) is 0 Å². The van der Waals surface area contributed by atoms with Gasteiger partial charge in [-0.2, -0.15) is 0 Å². The summed E-state index contributed by atoms with van der Waals surface area (Å²) in [7, 11) is 3.27. The number of hydrogen-bond donors (Lipinski definition) is 3. The summed E-state index contributed by atoms with van der Waals surface area (Å²) in [5, 5.41) is 8.28. The van der Waals surface area contributed by atoms with Crippen LogP contribution in [0.25, 0.3) is 0 Å². The zero-order chi connectivity index (χ0) is 32.2. The van der Waals surface area contributed by atoms with Crippen LogP contribution in [0.3, 0.4) is 0 Å². The van der Waals surface area contributed by atoms with Gasteiger partial charge in [0.15, 0.2) is 0 Å². The summed E-state index contributed by atoms with van der Waals surface area (Å²) < 4.78 is 17.0. The highest BCUT2D eigenvalue weighted by Crippen LogP contribution is 2.22. The minimum Gasteiger partial charge on any atom is -0.497 e. The van der Waals surface area contributed by atoms with Gasteiger partial charge in [0.2, 0.25) is 17.7 Å². The number of nitrogens with zero attached hydrogens (tertiary/aromatic N) is 1. The van der Waals surface area contributed by atoms with E-state index in [9.17, 15) is 19.2 Å². The number of hydrogen-bond acceptors (Lipinski definition) is 7. The molecule has 0 unspecified atom stereocenters. The van der Waals surface area contributed by atoms with E-state index in [4.69, 9.17) is 14.2 Å². The second-order valence-corrected chi connectivity index (χ2v) is 11.8. The number of likely N-dealkylation sites (N-methyl/N-ethyl adjacent to an activating group) is 1. The van der Waals surface area contributed by atoms with Crippen LogP contribution in [0.2, 0.25) is 0 Å². The van der Waals surface area contributed by atoms with E-state index in [0.29, 0.717) is 30.1 Å². The molecule has 2 aromatic rings. The van der Waals surface area contributed by atoms with Crippen molar-refractivity contribution in [1.82, 2.24) is 20.9 Å². The lowest BCUT2D eigenvalue weighted by Crippen LogP contribution is -2.55. The van der Waals surface area contributed by atoms with Gasteiger partial charge in [-0.25, -0.2) is 0 Å². The number of nitrogens with one attached hydrogen (secondary N) is 3. The molecule has 3 atom stereocenters. The van der Waals surface area contributed by atoms with Crippen molar-refractivity contribution in [2.45, 2.75) is 65.1 Å². The van der Waals surface area contributed by atoms with Crippen molar-refractivity contribution in [3.8, 4) is 17.2 Å². The number of para-hydroxylation sites is 1. The monoisotopic (exact) mass is 610 g/mol. The highest BCUT2D eigenvalue weighted by atomic mass is 16.5. The summed E-state index contributed by atoms with van der Waals surface area (Å²) in [5.74, 6) is 0.0594. The van der Waals surface area contributed by atoms with Gasteiger partial charge in [0, 0.05) is 13.1 Å². The lowest BCUT2D eigenvalue weighted by Gasteiger charge is -2.33. The third-order valence-corrected chi connectivity index (χ3v) is 7.26. The molecular weight excluding hydrogens is 564 g/mol. The molecule has 0 bridgehead atoms. The van der Waals surface area contributed by atoms with Crippen LogP contribution in [0.1, 0.15) is 57.3 Å². The molecular formula is C33H46N4O7. The number of fused-ring (bicyclic) bond motifs is 1. The van der Waals surface area contributed by atoms with E-state index in [0.717, 1.165) is 0 Å². The predicted molar refractivity (Wildman–Crippen MR) is 167 cm³/mol. The van der Waals surface area contributed by atoms with Gasteiger partial charge in [0.05, 0.1) is 31.7 Å². The van der Waals surface area contributed by atoms with Crippen LogP contribution < -0.4 is 30.2 Å². The minimum absolute atomic E-state index is 0.117. The standard InChI is InChI=1S/C33H46N4O7/c1-21(2)16-23-20-44-29-13-8-7-12-26(29)31(39)36-27(19-30(38)35-28(17-22(3)4)33(41)37(23)5)32(40)34-14-15-43-25-11-9-10-24(18-25)42-6/h7-13,18,21-23,27-28H,14-17,19-20H2,1-6H3,(H,34,40)(H,35,38)(H,36,39)/t23-,27+,28-/m1/s1. The average molecular weight is 611 g/mol. The molecule has 0 radical (unpaired) electrons. The van der Waals surface area contributed by atoms with Crippen molar-refractivity contribution >= 4 is 23.6 Å². The molecule has 1 aliphatic heterocycles. The number of amides is 4. The Hall–Kier alpha value is -4.28. The van der Waals surface area contributed by atoms with Crippen molar-refractivity contribution < 1.29 is 33.4 Å². The second kappa shape index (κ2) is 16.5. The Morgan fingerprint density at radius 3 is 2.41 bits per heavy atom. The van der Waals surface area contributed by atoms with Crippen molar-refractivity contribution in [2.24, 2.45) is 11.8 Å². The van der Waals surface area contributed by atoms with Gasteiger partial charge in [0.1, 0.15) is 42.5 Å². The number of methoxy groups -OCH3 is 1. The van der Waals surface area contributed by atoms with Crippen molar-refractivity contribution in [3.05, 3.63) is 54.1 Å². The molecule has 0 saturated carbocycles. The molecule has 1 heterocycles. The third-order valence-electron chi connectivity index (χ3n) is 7.26. The van der Waals surface area contributed by atoms with E-state index in [1.165, 1.54) is 0 Å². The van der Waals surface area contributed by atoms with Crippen LogP contribution in [0.15, 0.2) is 48.5 Å². The summed E-state index contributed by atoms with van der Waals surface area (Å²) in [6, 6.07) is 11.5. The zero-order valence-corrected chi connectivity index (χ0v) is 26.6. The fraction of sp³-hybridized carbons (Fsp3) is 0.515. The highest BCUT2D eigenvalue weighted by molar-refractivity contribution is 6.01. The molecule has 11 heteroatoms. The maximum atomic E-state index is 13.7. The van der Waals surface area contributed by atoms with Gasteiger partial charge in [-0.3, -0.25) is 19.2 Å². The van der Waals surface area contributed by atoms with Crippen molar-refractivity contribution in [2.75, 3.05) is 33.9 Å². The quantitative estimate of drug-likeness (QED) is 0.352. The fourth-order valence-corrected chi connectivity index (χ4v) is 5.01. The van der Waals surface area contributed by atoms with Gasteiger partial charge in [0.25, 0.3) is 5.91 Å². The Labute approximate surface area is 260 Å². The van der Waals surface area contributed by atoms with Crippen LogP contribution in [0.5, 0.6) is 17.2 Å². The molecule has 0 saturated heterocycles. The average Bonchev–Trinajstić information content (AvgIpc) is 2.99. The molecule has 0 aliphatic carbocycles. The molecule has 3 N–H and O–H groups in total. The topological polar surface area (TPSA) is 135 Å². The summed E-state index contributed by atoms with van der Waals surface area (Å²) in [6.45, 7) is 8.51. The van der Waals surface area contributed by atoms with Crippen LogP contribution in [-0.2, 0) is 14.4 Å². The normalized spacial score (nSPS) is 19.8. The molecule has 3 rings (SSSR count). The van der Waals surface area contributed by atoms with E-state index in [2.05, 4.69) is 29.8 Å². The van der Waals surface area contributed by atoms with Crippen molar-refractivity contribution in [3.63, 3.8) is 0 Å². The Kier molecular flexibility index (Phi) is 12.9. The molecule has 2 aromatic carbocycles. The number of benzene rings is 2.